The molecule has 0 amide bonds. The molecule has 0 aliphatic rings. The van der Waals surface area contributed by atoms with Crippen LogP contribution in [0.15, 0.2) is 36.4 Å². The smallest absolute Gasteiger partial charge is 0.335 e. The van der Waals surface area contributed by atoms with Crippen LogP contribution in [0, 0.1) is 10.1 Å². The topological polar surface area (TPSA) is 98.9 Å². The van der Waals surface area contributed by atoms with Crippen molar-refractivity contribution in [3.05, 3.63) is 52.1 Å². The van der Waals surface area contributed by atoms with Gasteiger partial charge in [-0.2, -0.15) is 0 Å². The highest BCUT2D eigenvalue weighted by molar-refractivity contribution is 5.92. The van der Waals surface area contributed by atoms with Crippen LogP contribution in [-0.2, 0) is 0 Å². The molecule has 2 aromatic rings. The molecule has 0 saturated carbocycles. The van der Waals surface area contributed by atoms with Gasteiger partial charge in [-0.3, -0.25) is 10.1 Å². The van der Waals surface area contributed by atoms with E-state index in [4.69, 9.17) is 14.6 Å². The number of rotatable bonds is 5. The highest BCUT2D eigenvalue weighted by Crippen LogP contribution is 2.39. The number of nitro benzene ring substituents is 1. The fourth-order valence-electron chi connectivity index (χ4n) is 2.09. The molecule has 1 N–H and O–H groups in total. The molecule has 0 saturated heterocycles. The molecular weight excluding hydrogens is 290 g/mol. The van der Waals surface area contributed by atoms with E-state index in [2.05, 4.69) is 0 Å². The van der Waals surface area contributed by atoms with Crippen LogP contribution in [0.2, 0.25) is 0 Å². The van der Waals surface area contributed by atoms with E-state index in [0.717, 1.165) is 6.07 Å². The number of hydrogen-bond donors (Lipinski definition) is 1. The van der Waals surface area contributed by atoms with Crippen LogP contribution in [-0.4, -0.2) is 30.2 Å². The van der Waals surface area contributed by atoms with Crippen LogP contribution >= 0.6 is 0 Å². The van der Waals surface area contributed by atoms with Crippen molar-refractivity contribution in [2.45, 2.75) is 0 Å². The van der Waals surface area contributed by atoms with E-state index in [1.54, 1.807) is 24.3 Å². The molecule has 0 aromatic heterocycles. The lowest BCUT2D eigenvalue weighted by molar-refractivity contribution is -0.385. The molecule has 0 heterocycles. The minimum atomic E-state index is -1.25. The summed E-state index contributed by atoms with van der Waals surface area (Å²) in [4.78, 5) is 21.7. The zero-order valence-electron chi connectivity index (χ0n) is 11.9. The van der Waals surface area contributed by atoms with Crippen LogP contribution in [0.25, 0.3) is 11.1 Å². The number of ether oxygens (including phenoxy) is 2. The fraction of sp³-hybridized carbons (Fsp3) is 0.133. The maximum atomic E-state index is 11.2. The van der Waals surface area contributed by atoms with Gasteiger partial charge in [0.2, 0.25) is 5.75 Å². The van der Waals surface area contributed by atoms with Crippen LogP contribution < -0.4 is 9.47 Å². The van der Waals surface area contributed by atoms with Gasteiger partial charge in [-0.25, -0.2) is 4.79 Å². The maximum absolute atomic E-state index is 11.2. The average Bonchev–Trinajstić information content (AvgIpc) is 2.53. The largest absolute Gasteiger partial charge is 0.497 e. The molecule has 0 fully saturated rings. The van der Waals surface area contributed by atoms with Crippen molar-refractivity contribution in [1.29, 1.82) is 0 Å². The van der Waals surface area contributed by atoms with Gasteiger partial charge in [0.25, 0.3) is 0 Å². The molecule has 0 radical (unpaired) electrons. The number of nitro groups is 1. The van der Waals surface area contributed by atoms with Crippen molar-refractivity contribution in [1.82, 2.24) is 0 Å². The normalized spacial score (nSPS) is 10.1. The fourth-order valence-corrected chi connectivity index (χ4v) is 2.09. The molecule has 22 heavy (non-hydrogen) atoms. The van der Waals surface area contributed by atoms with Crippen molar-refractivity contribution in [2.75, 3.05) is 14.2 Å². The van der Waals surface area contributed by atoms with Crippen molar-refractivity contribution < 1.29 is 24.3 Å². The van der Waals surface area contributed by atoms with E-state index in [1.165, 1.54) is 20.3 Å². The average molecular weight is 303 g/mol. The maximum Gasteiger partial charge on any atom is 0.335 e. The van der Waals surface area contributed by atoms with Crippen molar-refractivity contribution >= 4 is 11.7 Å². The summed E-state index contributed by atoms with van der Waals surface area (Å²) in [6.45, 7) is 0. The van der Waals surface area contributed by atoms with Crippen LogP contribution in [0.1, 0.15) is 10.4 Å². The number of aromatic carboxylic acids is 1. The van der Waals surface area contributed by atoms with Crippen LogP contribution in [0.3, 0.4) is 0 Å². The highest BCUT2D eigenvalue weighted by atomic mass is 16.6. The minimum Gasteiger partial charge on any atom is -0.497 e. The lowest BCUT2D eigenvalue weighted by atomic mass is 10.00. The number of hydrogen-bond acceptors (Lipinski definition) is 5. The number of methoxy groups -OCH3 is 2. The van der Waals surface area contributed by atoms with Gasteiger partial charge in [-0.05, 0) is 23.8 Å². The number of carboxylic acid groups (broad SMARTS) is 1. The summed E-state index contributed by atoms with van der Waals surface area (Å²) >= 11 is 0. The molecule has 7 heteroatoms. The van der Waals surface area contributed by atoms with E-state index < -0.39 is 16.6 Å². The Bertz CT molecular complexity index is 741. The van der Waals surface area contributed by atoms with Gasteiger partial charge in [0.1, 0.15) is 5.75 Å². The zero-order chi connectivity index (χ0) is 16.3. The summed E-state index contributed by atoms with van der Waals surface area (Å²) in [6.07, 6.45) is 0. The first kappa shape index (κ1) is 15.3. The molecule has 0 aliphatic carbocycles. The molecule has 0 aliphatic heterocycles. The number of nitrogens with zero attached hydrogens (tertiary/aromatic N) is 1. The molecule has 0 spiro atoms. The van der Waals surface area contributed by atoms with E-state index in [0.29, 0.717) is 16.9 Å². The van der Waals surface area contributed by atoms with E-state index >= 15 is 0 Å². The standard InChI is InChI=1S/C15H13NO6/c1-21-11-5-3-4-9(6-11)12-7-10(15(17)18)8-13(16(19)20)14(12)22-2/h3-8H,1-2H3,(H,17,18). The molecule has 2 aromatic carbocycles. The molecule has 114 valence electrons. The minimum absolute atomic E-state index is 0.00301. The SMILES string of the molecule is COc1cccc(-c2cc(C(=O)O)cc([N+](=O)[O-])c2OC)c1. The second-order valence-electron chi connectivity index (χ2n) is 4.37. The van der Waals surface area contributed by atoms with Crippen molar-refractivity contribution in [3.8, 4) is 22.6 Å². The summed E-state index contributed by atoms with van der Waals surface area (Å²) in [5, 5.41) is 20.3. The molecule has 7 nitrogen and oxygen atoms in total. The summed E-state index contributed by atoms with van der Waals surface area (Å²) in [7, 11) is 2.79. The second kappa shape index (κ2) is 6.13. The van der Waals surface area contributed by atoms with Gasteiger partial charge >= 0.3 is 11.7 Å². The lowest BCUT2D eigenvalue weighted by Crippen LogP contribution is -2.02. The Labute approximate surface area is 125 Å². The van der Waals surface area contributed by atoms with Gasteiger partial charge in [-0.15, -0.1) is 0 Å². The first-order valence-electron chi connectivity index (χ1n) is 6.22. The van der Waals surface area contributed by atoms with Crippen LogP contribution in [0.5, 0.6) is 11.5 Å². The van der Waals surface area contributed by atoms with Gasteiger partial charge in [0, 0.05) is 11.6 Å². The third-order valence-corrected chi connectivity index (χ3v) is 3.10. The summed E-state index contributed by atoms with van der Waals surface area (Å²) in [5.74, 6) is -0.707. The third kappa shape index (κ3) is 2.83. The van der Waals surface area contributed by atoms with Crippen molar-refractivity contribution in [3.63, 3.8) is 0 Å². The number of benzene rings is 2. The number of carbonyl (C=O) groups is 1. The van der Waals surface area contributed by atoms with Gasteiger partial charge < -0.3 is 14.6 Å². The Balaban J connectivity index is 2.76. The quantitative estimate of drug-likeness (QED) is 0.673. The van der Waals surface area contributed by atoms with E-state index in [-0.39, 0.29) is 11.3 Å². The van der Waals surface area contributed by atoms with Gasteiger partial charge in [0.15, 0.2) is 0 Å². The highest BCUT2D eigenvalue weighted by Gasteiger charge is 2.23. The predicted octanol–water partition coefficient (Wildman–Crippen LogP) is 2.98. The molecule has 2 rings (SSSR count). The van der Waals surface area contributed by atoms with E-state index in [9.17, 15) is 14.9 Å². The first-order chi connectivity index (χ1) is 10.5. The Morgan fingerprint density at radius 1 is 1.18 bits per heavy atom. The Morgan fingerprint density at radius 2 is 1.91 bits per heavy atom. The Kier molecular flexibility index (Phi) is 4.26. The summed E-state index contributed by atoms with van der Waals surface area (Å²) in [5.41, 5.74) is 0.279. The molecular formula is C15H13NO6. The summed E-state index contributed by atoms with van der Waals surface area (Å²) < 4.78 is 10.2. The molecule has 0 unspecified atom stereocenters. The zero-order valence-corrected chi connectivity index (χ0v) is 11.9. The second-order valence-corrected chi connectivity index (χ2v) is 4.37. The van der Waals surface area contributed by atoms with Crippen LogP contribution in [0.4, 0.5) is 5.69 Å². The van der Waals surface area contributed by atoms with Gasteiger partial charge in [-0.1, -0.05) is 12.1 Å². The summed E-state index contributed by atoms with van der Waals surface area (Å²) in [6, 6.07) is 9.06. The Hall–Kier alpha value is -3.09. The van der Waals surface area contributed by atoms with Gasteiger partial charge in [0.05, 0.1) is 24.7 Å². The third-order valence-electron chi connectivity index (χ3n) is 3.10. The molecule has 0 bridgehead atoms. The first-order valence-corrected chi connectivity index (χ1v) is 6.22. The lowest BCUT2D eigenvalue weighted by Gasteiger charge is -2.11. The molecule has 0 atom stereocenters. The predicted molar refractivity (Wildman–Crippen MR) is 78.6 cm³/mol. The number of carboxylic acids is 1. The van der Waals surface area contributed by atoms with Crippen molar-refractivity contribution in [2.24, 2.45) is 0 Å². The van der Waals surface area contributed by atoms with E-state index in [1.807, 2.05) is 0 Å². The monoisotopic (exact) mass is 303 g/mol. The Morgan fingerprint density at radius 3 is 2.45 bits per heavy atom.